The molecule has 5 aromatic rings. The fourth-order valence-electron chi connectivity index (χ4n) is 4.99. The minimum Gasteiger partial charge on any atom is -0.383 e. The van der Waals surface area contributed by atoms with Crippen molar-refractivity contribution in [2.24, 2.45) is 7.05 Å². The number of amides is 2. The number of hydrazine groups is 1. The number of nitrogens with two attached hydrogens (primary N) is 1. The van der Waals surface area contributed by atoms with Crippen LogP contribution in [0.3, 0.4) is 0 Å². The number of carbonyl (C=O) groups is 2. The lowest BCUT2D eigenvalue weighted by molar-refractivity contribution is -0.137. The number of aromatic nitrogens is 4. The van der Waals surface area contributed by atoms with Gasteiger partial charge in [-0.1, -0.05) is 18.2 Å². The Hall–Kier alpha value is -5.00. The van der Waals surface area contributed by atoms with Crippen molar-refractivity contribution in [1.82, 2.24) is 29.8 Å². The molecule has 2 N–H and O–H groups in total. The number of anilines is 1. The highest BCUT2D eigenvalue weighted by Gasteiger charge is 2.34. The molecule has 0 radical (unpaired) electrons. The Kier molecular flexibility index (Phi) is 5.90. The van der Waals surface area contributed by atoms with Gasteiger partial charge in [0.2, 0.25) is 0 Å². The second-order valence-electron chi connectivity index (χ2n) is 9.49. The zero-order valence-corrected chi connectivity index (χ0v) is 21.2. The number of benzene rings is 2. The molecule has 0 spiro atoms. The van der Waals surface area contributed by atoms with E-state index >= 15 is 0 Å². The quantitative estimate of drug-likeness (QED) is 0.359. The molecule has 0 saturated carbocycles. The normalized spacial score (nSPS) is 13.6. The van der Waals surface area contributed by atoms with Crippen LogP contribution in [0.4, 0.5) is 19.0 Å². The minimum atomic E-state index is -4.55. The number of pyridine rings is 2. The molecule has 0 aliphatic carbocycles. The Labute approximate surface area is 225 Å². The fourth-order valence-corrected chi connectivity index (χ4v) is 4.99. The highest BCUT2D eigenvalue weighted by molar-refractivity contribution is 6.10. The van der Waals surface area contributed by atoms with Gasteiger partial charge in [0.1, 0.15) is 5.82 Å². The summed E-state index contributed by atoms with van der Waals surface area (Å²) >= 11 is 0. The lowest BCUT2D eigenvalue weighted by Crippen LogP contribution is -2.52. The SMILES string of the molecule is Cn1ncc2c(N)nc3ccc(C(=O)N(Cc4ccc(C(F)(F)F)cn4)N4CCc5ccccc5C4=O)cc3c21. The molecule has 202 valence electrons. The van der Waals surface area contributed by atoms with Gasteiger partial charge in [-0.3, -0.25) is 19.3 Å². The second-order valence-corrected chi connectivity index (χ2v) is 9.49. The Balaban J connectivity index is 1.43. The smallest absolute Gasteiger partial charge is 0.383 e. The van der Waals surface area contributed by atoms with Crippen LogP contribution >= 0.6 is 0 Å². The summed E-state index contributed by atoms with van der Waals surface area (Å²) in [7, 11) is 1.75. The monoisotopic (exact) mass is 545 g/mol. The van der Waals surface area contributed by atoms with Crippen molar-refractivity contribution in [2.75, 3.05) is 12.3 Å². The fraction of sp³-hybridized carbons (Fsp3) is 0.179. The molecule has 3 aromatic heterocycles. The molecule has 0 saturated heterocycles. The molecule has 1 aliphatic heterocycles. The van der Waals surface area contributed by atoms with E-state index in [2.05, 4.69) is 15.1 Å². The number of nitrogen functional groups attached to an aromatic ring is 1. The lowest BCUT2D eigenvalue weighted by Gasteiger charge is -2.37. The third-order valence-corrected chi connectivity index (χ3v) is 7.02. The van der Waals surface area contributed by atoms with Crippen LogP contribution in [-0.4, -0.2) is 48.1 Å². The van der Waals surface area contributed by atoms with Gasteiger partial charge in [0, 0.05) is 36.3 Å². The van der Waals surface area contributed by atoms with E-state index < -0.39 is 17.6 Å². The third-order valence-electron chi connectivity index (χ3n) is 7.02. The number of fused-ring (bicyclic) bond motifs is 4. The highest BCUT2D eigenvalue weighted by Crippen LogP contribution is 2.31. The first kappa shape index (κ1) is 25.3. The molecule has 2 amide bonds. The molecular formula is C28H22F3N7O2. The largest absolute Gasteiger partial charge is 0.417 e. The number of aryl methyl sites for hydroxylation is 1. The summed E-state index contributed by atoms with van der Waals surface area (Å²) in [6.07, 6.45) is -1.73. The summed E-state index contributed by atoms with van der Waals surface area (Å²) in [6.45, 7) is -0.0100. The maximum absolute atomic E-state index is 14.1. The maximum atomic E-state index is 14.1. The van der Waals surface area contributed by atoms with Gasteiger partial charge in [0.05, 0.1) is 40.4 Å². The number of nitrogens with zero attached hydrogens (tertiary/aromatic N) is 6. The molecule has 0 bridgehead atoms. The van der Waals surface area contributed by atoms with Crippen LogP contribution in [0.5, 0.6) is 0 Å². The van der Waals surface area contributed by atoms with Crippen molar-refractivity contribution >= 4 is 39.4 Å². The second kappa shape index (κ2) is 9.33. The van der Waals surface area contributed by atoms with Crippen molar-refractivity contribution in [3.8, 4) is 0 Å². The van der Waals surface area contributed by atoms with E-state index in [1.807, 2.05) is 12.1 Å². The molecule has 4 heterocycles. The molecule has 12 heteroatoms. The molecule has 1 aliphatic rings. The zero-order valence-electron chi connectivity index (χ0n) is 21.2. The average Bonchev–Trinajstić information content (AvgIpc) is 3.34. The first-order chi connectivity index (χ1) is 19.1. The molecule has 0 atom stereocenters. The van der Waals surface area contributed by atoms with Crippen molar-refractivity contribution < 1.29 is 22.8 Å². The van der Waals surface area contributed by atoms with Gasteiger partial charge in [-0.05, 0) is 48.4 Å². The summed E-state index contributed by atoms with van der Waals surface area (Å²) in [5.41, 5.74) is 8.20. The standard InChI is InChI=1S/C28H22F3N7O2/c1-36-24-21-12-17(6-9-23(21)35-25(32)22(24)14-34-36)26(39)38(15-19-8-7-18(13-33-19)28(29,30)31)37-11-10-16-4-2-3-5-20(16)27(37)40/h2-9,12-14H,10-11,15H2,1H3,(H2,32,35). The van der Waals surface area contributed by atoms with Crippen molar-refractivity contribution in [2.45, 2.75) is 19.1 Å². The molecule has 6 rings (SSSR count). The predicted octanol–water partition coefficient (Wildman–Crippen LogP) is 4.37. The van der Waals surface area contributed by atoms with Crippen molar-refractivity contribution in [3.05, 3.63) is 94.9 Å². The Bertz CT molecular complexity index is 1800. The molecule has 2 aromatic carbocycles. The molecular weight excluding hydrogens is 523 g/mol. The van der Waals surface area contributed by atoms with E-state index in [1.54, 1.807) is 48.3 Å². The molecule has 0 unspecified atom stereocenters. The number of rotatable bonds is 4. The van der Waals surface area contributed by atoms with Crippen molar-refractivity contribution in [3.63, 3.8) is 0 Å². The third kappa shape index (κ3) is 4.27. The summed E-state index contributed by atoms with van der Waals surface area (Å²) in [5, 5.41) is 8.10. The highest BCUT2D eigenvalue weighted by atomic mass is 19.4. The predicted molar refractivity (Wildman–Crippen MR) is 141 cm³/mol. The van der Waals surface area contributed by atoms with Crippen LogP contribution in [0.25, 0.3) is 21.8 Å². The van der Waals surface area contributed by atoms with Gasteiger partial charge in [-0.15, -0.1) is 0 Å². The van der Waals surface area contributed by atoms with Crippen LogP contribution in [0.1, 0.15) is 37.5 Å². The van der Waals surface area contributed by atoms with E-state index in [0.717, 1.165) is 17.8 Å². The molecule has 0 fully saturated rings. The number of hydrogen-bond acceptors (Lipinski definition) is 6. The summed E-state index contributed by atoms with van der Waals surface area (Å²) in [6, 6.07) is 14.1. The minimum absolute atomic E-state index is 0.192. The van der Waals surface area contributed by atoms with Gasteiger partial charge in [-0.25, -0.2) is 15.0 Å². The van der Waals surface area contributed by atoms with Crippen LogP contribution in [0.15, 0.2) is 67.0 Å². The van der Waals surface area contributed by atoms with Gasteiger partial charge in [0.25, 0.3) is 11.8 Å². The van der Waals surface area contributed by atoms with E-state index in [4.69, 9.17) is 5.73 Å². The van der Waals surface area contributed by atoms with Crippen LogP contribution in [-0.2, 0) is 26.2 Å². The summed E-state index contributed by atoms with van der Waals surface area (Å²) in [5.74, 6) is -0.600. The van der Waals surface area contributed by atoms with E-state index in [0.29, 0.717) is 39.6 Å². The topological polar surface area (TPSA) is 110 Å². The van der Waals surface area contributed by atoms with E-state index in [-0.39, 0.29) is 30.3 Å². The maximum Gasteiger partial charge on any atom is 0.417 e. The number of carbonyl (C=O) groups excluding carboxylic acids is 2. The first-order valence-corrected chi connectivity index (χ1v) is 12.4. The number of alkyl halides is 3. The van der Waals surface area contributed by atoms with Crippen LogP contribution in [0, 0.1) is 0 Å². The Morgan fingerprint density at radius 2 is 1.88 bits per heavy atom. The summed E-state index contributed by atoms with van der Waals surface area (Å²) < 4.78 is 41.0. The first-order valence-electron chi connectivity index (χ1n) is 12.4. The lowest BCUT2D eigenvalue weighted by atomic mass is 10.00. The van der Waals surface area contributed by atoms with Crippen LogP contribution < -0.4 is 5.73 Å². The van der Waals surface area contributed by atoms with Crippen LogP contribution in [0.2, 0.25) is 0 Å². The van der Waals surface area contributed by atoms with Gasteiger partial charge < -0.3 is 5.73 Å². The van der Waals surface area contributed by atoms with E-state index in [9.17, 15) is 22.8 Å². The van der Waals surface area contributed by atoms with Gasteiger partial charge in [-0.2, -0.15) is 18.3 Å². The van der Waals surface area contributed by atoms with Gasteiger partial charge >= 0.3 is 6.18 Å². The Morgan fingerprint density at radius 1 is 1.07 bits per heavy atom. The summed E-state index contributed by atoms with van der Waals surface area (Å²) in [4.78, 5) is 36.0. The van der Waals surface area contributed by atoms with E-state index in [1.165, 1.54) is 16.1 Å². The molecule has 40 heavy (non-hydrogen) atoms. The zero-order chi connectivity index (χ0) is 28.2. The Morgan fingerprint density at radius 3 is 2.62 bits per heavy atom. The number of halogens is 3. The molecule has 9 nitrogen and oxygen atoms in total. The number of hydrogen-bond donors (Lipinski definition) is 1. The van der Waals surface area contributed by atoms with Crippen molar-refractivity contribution in [1.29, 1.82) is 0 Å². The van der Waals surface area contributed by atoms with Gasteiger partial charge in [0.15, 0.2) is 0 Å². The average molecular weight is 546 g/mol.